The lowest BCUT2D eigenvalue weighted by atomic mass is 9.97. The lowest BCUT2D eigenvalue weighted by Gasteiger charge is -2.31. The largest absolute Gasteiger partial charge is 0.454 e. The van der Waals surface area contributed by atoms with Crippen molar-refractivity contribution in [1.82, 2.24) is 14.8 Å². The molecular formula is C19H19N5O3S. The van der Waals surface area contributed by atoms with Gasteiger partial charge in [-0.1, -0.05) is 11.3 Å². The maximum Gasteiger partial charge on any atom is 0.231 e. The Hall–Kier alpha value is -3.07. The van der Waals surface area contributed by atoms with Crippen molar-refractivity contribution in [2.75, 3.05) is 30.1 Å². The first kappa shape index (κ1) is 17.1. The van der Waals surface area contributed by atoms with Gasteiger partial charge in [0, 0.05) is 37.2 Å². The van der Waals surface area contributed by atoms with E-state index in [1.165, 1.54) is 11.3 Å². The number of carbonyl (C=O) groups excluding carboxylic acids is 1. The number of piperidine rings is 1. The van der Waals surface area contributed by atoms with E-state index in [0.29, 0.717) is 18.0 Å². The molecule has 1 N–H and O–H groups in total. The fourth-order valence-electron chi connectivity index (χ4n) is 3.49. The zero-order chi connectivity index (χ0) is 18.9. The van der Waals surface area contributed by atoms with E-state index in [9.17, 15) is 4.79 Å². The van der Waals surface area contributed by atoms with Gasteiger partial charge in [-0.15, -0.1) is 10.2 Å². The van der Waals surface area contributed by atoms with Crippen LogP contribution < -0.4 is 19.7 Å². The van der Waals surface area contributed by atoms with E-state index in [4.69, 9.17) is 9.47 Å². The molecule has 5 rings (SSSR count). The molecule has 1 aromatic carbocycles. The van der Waals surface area contributed by atoms with Crippen molar-refractivity contribution < 1.29 is 14.3 Å². The quantitative estimate of drug-likeness (QED) is 0.729. The molecule has 2 aliphatic rings. The number of rotatable bonds is 4. The van der Waals surface area contributed by atoms with Gasteiger partial charge in [-0.3, -0.25) is 9.36 Å². The molecule has 3 aromatic rings. The average Bonchev–Trinajstić information content (AvgIpc) is 3.48. The SMILES string of the molecule is O=C(Nc1ccc2c(c1)OCO2)C1CCCN(c2nnc(-n3cccc3)s2)C1. The molecule has 0 saturated carbocycles. The smallest absolute Gasteiger partial charge is 0.231 e. The minimum Gasteiger partial charge on any atom is -0.454 e. The van der Waals surface area contributed by atoms with Crippen molar-refractivity contribution in [1.29, 1.82) is 0 Å². The molecule has 28 heavy (non-hydrogen) atoms. The zero-order valence-corrected chi connectivity index (χ0v) is 15.9. The lowest BCUT2D eigenvalue weighted by molar-refractivity contribution is -0.120. The Labute approximate surface area is 165 Å². The summed E-state index contributed by atoms with van der Waals surface area (Å²) in [4.78, 5) is 14.9. The number of hydrogen-bond donors (Lipinski definition) is 1. The summed E-state index contributed by atoms with van der Waals surface area (Å²) in [5.74, 6) is 1.28. The van der Waals surface area contributed by atoms with E-state index in [1.807, 2.05) is 41.2 Å². The predicted octanol–water partition coefficient (Wildman–Crippen LogP) is 2.91. The first-order valence-corrected chi connectivity index (χ1v) is 10.0. The highest BCUT2D eigenvalue weighted by atomic mass is 32.1. The number of ether oxygens (including phenoxy) is 2. The minimum atomic E-state index is -0.0990. The van der Waals surface area contributed by atoms with Gasteiger partial charge in [0.25, 0.3) is 0 Å². The van der Waals surface area contributed by atoms with E-state index in [2.05, 4.69) is 20.4 Å². The molecule has 4 heterocycles. The van der Waals surface area contributed by atoms with Crippen LogP contribution >= 0.6 is 11.3 Å². The van der Waals surface area contributed by atoms with Crippen LogP contribution in [0.4, 0.5) is 10.8 Å². The van der Waals surface area contributed by atoms with Crippen molar-refractivity contribution in [2.24, 2.45) is 5.92 Å². The fourth-order valence-corrected chi connectivity index (χ4v) is 4.33. The summed E-state index contributed by atoms with van der Waals surface area (Å²) >= 11 is 1.53. The molecule has 0 spiro atoms. The zero-order valence-electron chi connectivity index (χ0n) is 15.1. The second-order valence-electron chi connectivity index (χ2n) is 6.80. The molecule has 9 heteroatoms. The maximum absolute atomic E-state index is 12.8. The molecule has 0 radical (unpaired) electrons. The monoisotopic (exact) mass is 397 g/mol. The van der Waals surface area contributed by atoms with Gasteiger partial charge in [-0.25, -0.2) is 0 Å². The van der Waals surface area contributed by atoms with Crippen LogP contribution in [0.1, 0.15) is 12.8 Å². The van der Waals surface area contributed by atoms with Gasteiger partial charge in [0.1, 0.15) is 0 Å². The van der Waals surface area contributed by atoms with Crippen LogP contribution in [0.2, 0.25) is 0 Å². The Morgan fingerprint density at radius 2 is 1.96 bits per heavy atom. The molecule has 0 aliphatic carbocycles. The molecule has 1 amide bonds. The van der Waals surface area contributed by atoms with Gasteiger partial charge in [0.15, 0.2) is 11.5 Å². The molecule has 144 valence electrons. The Balaban J connectivity index is 1.26. The molecule has 1 atom stereocenters. The maximum atomic E-state index is 12.8. The first-order chi connectivity index (χ1) is 13.8. The first-order valence-electron chi connectivity index (χ1n) is 9.18. The summed E-state index contributed by atoms with van der Waals surface area (Å²) in [6, 6.07) is 9.36. The number of hydrogen-bond acceptors (Lipinski definition) is 7. The fraction of sp³-hybridized carbons (Fsp3) is 0.316. The van der Waals surface area contributed by atoms with E-state index < -0.39 is 0 Å². The third-order valence-electron chi connectivity index (χ3n) is 4.93. The van der Waals surface area contributed by atoms with Gasteiger partial charge in [0.05, 0.1) is 5.92 Å². The Morgan fingerprint density at radius 3 is 2.86 bits per heavy atom. The number of nitrogens with one attached hydrogen (secondary N) is 1. The number of amides is 1. The highest BCUT2D eigenvalue weighted by Crippen LogP contribution is 2.34. The summed E-state index contributed by atoms with van der Waals surface area (Å²) in [7, 11) is 0. The second kappa shape index (κ2) is 7.16. The third-order valence-corrected chi connectivity index (χ3v) is 5.93. The molecule has 8 nitrogen and oxygen atoms in total. The van der Waals surface area contributed by atoms with Gasteiger partial charge in [0.2, 0.25) is 23.0 Å². The topological polar surface area (TPSA) is 81.5 Å². The van der Waals surface area contributed by atoms with Crippen LogP contribution in [0.3, 0.4) is 0 Å². The number of aromatic nitrogens is 3. The standard InChI is InChI=1S/C19H19N5O3S/c25-17(20-14-5-6-15-16(10-14)27-12-26-15)13-4-3-9-24(11-13)19-22-21-18(28-19)23-7-1-2-8-23/h1-2,5-8,10,13H,3-4,9,11-12H2,(H,20,25). The second-order valence-corrected chi connectivity index (χ2v) is 7.73. The van der Waals surface area contributed by atoms with Gasteiger partial charge in [-0.05, 0) is 37.1 Å². The van der Waals surface area contributed by atoms with Crippen LogP contribution in [0.25, 0.3) is 5.13 Å². The molecule has 0 bridgehead atoms. The van der Waals surface area contributed by atoms with Crippen LogP contribution in [0, 0.1) is 5.92 Å². The van der Waals surface area contributed by atoms with Crippen LogP contribution in [-0.2, 0) is 4.79 Å². The molecular weight excluding hydrogens is 378 g/mol. The third kappa shape index (κ3) is 3.29. The number of anilines is 2. The average molecular weight is 397 g/mol. The highest BCUT2D eigenvalue weighted by Gasteiger charge is 2.28. The summed E-state index contributed by atoms with van der Waals surface area (Å²) < 4.78 is 12.6. The molecule has 2 aromatic heterocycles. The van der Waals surface area contributed by atoms with Crippen molar-refractivity contribution in [2.45, 2.75) is 12.8 Å². The highest BCUT2D eigenvalue weighted by molar-refractivity contribution is 7.17. The van der Waals surface area contributed by atoms with Gasteiger partial charge >= 0.3 is 0 Å². The van der Waals surface area contributed by atoms with Crippen LogP contribution in [-0.4, -0.2) is 40.6 Å². The van der Waals surface area contributed by atoms with Crippen LogP contribution in [0.15, 0.2) is 42.7 Å². The number of carbonyl (C=O) groups is 1. The van der Waals surface area contributed by atoms with Crippen LogP contribution in [0.5, 0.6) is 11.5 Å². The van der Waals surface area contributed by atoms with E-state index in [0.717, 1.165) is 35.3 Å². The molecule has 1 saturated heterocycles. The van der Waals surface area contributed by atoms with E-state index in [-0.39, 0.29) is 18.6 Å². The number of nitrogens with zero attached hydrogens (tertiary/aromatic N) is 4. The van der Waals surface area contributed by atoms with E-state index in [1.54, 1.807) is 6.07 Å². The van der Waals surface area contributed by atoms with Crippen molar-refractivity contribution in [3.05, 3.63) is 42.7 Å². The molecule has 2 aliphatic heterocycles. The molecule has 1 fully saturated rings. The summed E-state index contributed by atoms with van der Waals surface area (Å²) in [6.07, 6.45) is 5.69. The summed E-state index contributed by atoms with van der Waals surface area (Å²) in [5, 5.41) is 13.3. The van der Waals surface area contributed by atoms with Gasteiger partial charge in [-0.2, -0.15) is 0 Å². The number of benzene rings is 1. The van der Waals surface area contributed by atoms with Crippen molar-refractivity contribution in [3.63, 3.8) is 0 Å². The van der Waals surface area contributed by atoms with Crippen molar-refractivity contribution >= 4 is 28.1 Å². The summed E-state index contributed by atoms with van der Waals surface area (Å²) in [5.41, 5.74) is 0.720. The Morgan fingerprint density at radius 1 is 1.14 bits per heavy atom. The Kier molecular flexibility index (Phi) is 4.36. The predicted molar refractivity (Wildman–Crippen MR) is 105 cm³/mol. The summed E-state index contributed by atoms with van der Waals surface area (Å²) in [6.45, 7) is 1.74. The van der Waals surface area contributed by atoms with Crippen molar-refractivity contribution in [3.8, 4) is 16.6 Å². The Bertz CT molecular complexity index is 987. The molecule has 1 unspecified atom stereocenters. The minimum absolute atomic E-state index is 0.0127. The normalized spacial score (nSPS) is 18.3. The van der Waals surface area contributed by atoms with Gasteiger partial charge < -0.3 is 19.7 Å². The number of fused-ring (bicyclic) bond motifs is 1. The van der Waals surface area contributed by atoms with E-state index >= 15 is 0 Å². The lowest BCUT2D eigenvalue weighted by Crippen LogP contribution is -2.40.